The summed E-state index contributed by atoms with van der Waals surface area (Å²) >= 11 is 0. The van der Waals surface area contributed by atoms with E-state index in [1.165, 1.54) is 0 Å². The van der Waals surface area contributed by atoms with Gasteiger partial charge in [-0.2, -0.15) is 0 Å². The van der Waals surface area contributed by atoms with Crippen molar-refractivity contribution in [1.82, 2.24) is 5.32 Å². The maximum atomic E-state index is 11.9. The summed E-state index contributed by atoms with van der Waals surface area (Å²) in [7, 11) is 0. The zero-order valence-corrected chi connectivity index (χ0v) is 12.8. The Bertz CT molecular complexity index is 439. The predicted octanol–water partition coefficient (Wildman–Crippen LogP) is 2.47. The van der Waals surface area contributed by atoms with E-state index in [-0.39, 0.29) is 19.1 Å². The second kappa shape index (κ2) is 7.29. The van der Waals surface area contributed by atoms with Crippen LogP contribution in [0.2, 0.25) is 0 Å². The number of ether oxygens (including phenoxy) is 1. The van der Waals surface area contributed by atoms with Gasteiger partial charge in [-0.1, -0.05) is 39.0 Å². The monoisotopic (exact) mass is 279 g/mol. The van der Waals surface area contributed by atoms with Gasteiger partial charge in [0.1, 0.15) is 5.75 Å². The molecule has 0 heterocycles. The molecule has 112 valence electrons. The molecule has 1 amide bonds. The Kier molecular flexibility index (Phi) is 6.02. The summed E-state index contributed by atoms with van der Waals surface area (Å²) in [6.45, 7) is 7.78. The number of amides is 1. The van der Waals surface area contributed by atoms with Gasteiger partial charge in [-0.3, -0.25) is 4.79 Å². The number of benzene rings is 1. The van der Waals surface area contributed by atoms with Crippen molar-refractivity contribution in [3.63, 3.8) is 0 Å². The van der Waals surface area contributed by atoms with Crippen LogP contribution in [0.25, 0.3) is 0 Å². The molecule has 0 aliphatic heterocycles. The number of para-hydroxylation sites is 1. The fraction of sp³-hybridized carbons (Fsp3) is 0.562. The van der Waals surface area contributed by atoms with Crippen LogP contribution in [0.15, 0.2) is 24.3 Å². The normalized spacial score (nSPS) is 13.9. The molecule has 0 fully saturated rings. The summed E-state index contributed by atoms with van der Waals surface area (Å²) in [5.41, 5.74) is 0.499. The van der Waals surface area contributed by atoms with E-state index in [4.69, 9.17) is 4.74 Å². The molecule has 0 radical (unpaired) electrons. The second-order valence-electron chi connectivity index (χ2n) is 5.60. The van der Waals surface area contributed by atoms with Crippen molar-refractivity contribution in [3.8, 4) is 5.75 Å². The maximum Gasteiger partial charge on any atom is 0.258 e. The van der Waals surface area contributed by atoms with E-state index >= 15 is 0 Å². The molecular formula is C16H25NO3. The lowest BCUT2D eigenvalue weighted by Crippen LogP contribution is -2.50. The fourth-order valence-corrected chi connectivity index (χ4v) is 1.84. The maximum absolute atomic E-state index is 11.9. The lowest BCUT2D eigenvalue weighted by molar-refractivity contribution is -0.125. The number of carbonyl (C=O) groups excluding carboxylic acids is 1. The zero-order valence-electron chi connectivity index (χ0n) is 12.8. The molecule has 2 N–H and O–H groups in total. The van der Waals surface area contributed by atoms with Crippen molar-refractivity contribution in [2.24, 2.45) is 0 Å². The third-order valence-corrected chi connectivity index (χ3v) is 3.47. The van der Waals surface area contributed by atoms with Crippen LogP contribution >= 0.6 is 0 Å². The van der Waals surface area contributed by atoms with Gasteiger partial charge in [-0.25, -0.2) is 0 Å². The zero-order chi connectivity index (χ0) is 15.2. The van der Waals surface area contributed by atoms with E-state index in [2.05, 4.69) is 19.2 Å². The molecule has 0 aromatic heterocycles. The Hall–Kier alpha value is -1.55. The summed E-state index contributed by atoms with van der Waals surface area (Å²) in [6, 6.07) is 7.72. The van der Waals surface area contributed by atoms with Crippen LogP contribution in [0, 0.1) is 0 Å². The first-order valence-corrected chi connectivity index (χ1v) is 7.05. The van der Waals surface area contributed by atoms with Gasteiger partial charge in [0, 0.05) is 0 Å². The Morgan fingerprint density at radius 1 is 1.40 bits per heavy atom. The van der Waals surface area contributed by atoms with E-state index in [9.17, 15) is 9.90 Å². The third kappa shape index (κ3) is 4.53. The molecule has 0 aliphatic carbocycles. The smallest absolute Gasteiger partial charge is 0.258 e. The first-order valence-electron chi connectivity index (χ1n) is 7.05. The first-order chi connectivity index (χ1) is 9.41. The summed E-state index contributed by atoms with van der Waals surface area (Å²) < 4.78 is 5.60. The molecule has 4 heteroatoms. The van der Waals surface area contributed by atoms with Gasteiger partial charge in [0.05, 0.1) is 12.1 Å². The molecule has 0 aliphatic rings. The van der Waals surface area contributed by atoms with Crippen LogP contribution in [0.1, 0.15) is 45.6 Å². The predicted molar refractivity (Wildman–Crippen MR) is 80.0 cm³/mol. The minimum atomic E-state index is -0.585. The molecule has 1 aromatic rings. The summed E-state index contributed by atoms with van der Waals surface area (Å²) in [5, 5.41) is 12.1. The Labute approximate surface area is 121 Å². The molecule has 1 aromatic carbocycles. The largest absolute Gasteiger partial charge is 0.483 e. The number of aliphatic hydroxyl groups excluding tert-OH is 1. The molecule has 20 heavy (non-hydrogen) atoms. The van der Waals surface area contributed by atoms with E-state index in [0.29, 0.717) is 12.3 Å². The van der Waals surface area contributed by atoms with Crippen molar-refractivity contribution in [2.75, 3.05) is 13.2 Å². The highest BCUT2D eigenvalue weighted by Crippen LogP contribution is 2.25. The molecule has 0 saturated carbocycles. The van der Waals surface area contributed by atoms with E-state index in [1.54, 1.807) is 0 Å². The van der Waals surface area contributed by atoms with E-state index in [0.717, 1.165) is 11.3 Å². The quantitative estimate of drug-likeness (QED) is 0.806. The molecule has 0 saturated heterocycles. The fourth-order valence-electron chi connectivity index (χ4n) is 1.84. The number of nitrogens with one attached hydrogen (secondary N) is 1. The number of rotatable bonds is 7. The number of hydrogen-bond acceptors (Lipinski definition) is 3. The number of hydrogen-bond donors (Lipinski definition) is 2. The SMILES string of the molecule is CCC(C)(CO)NC(=O)COc1ccccc1C(C)C. The van der Waals surface area contributed by atoms with Crippen LogP contribution in [0.5, 0.6) is 5.75 Å². The average Bonchev–Trinajstić information content (AvgIpc) is 2.45. The van der Waals surface area contributed by atoms with Crippen LogP contribution in [0.3, 0.4) is 0 Å². The molecule has 0 bridgehead atoms. The minimum absolute atomic E-state index is 0.0423. The number of carbonyl (C=O) groups is 1. The van der Waals surface area contributed by atoms with E-state index in [1.807, 2.05) is 38.1 Å². The van der Waals surface area contributed by atoms with Gasteiger partial charge in [-0.15, -0.1) is 0 Å². The molecule has 1 atom stereocenters. The standard InChI is InChI=1S/C16H25NO3/c1-5-16(4,11-18)17-15(19)10-20-14-9-7-6-8-13(14)12(2)3/h6-9,12,18H,5,10-11H2,1-4H3,(H,17,19). The molecular weight excluding hydrogens is 254 g/mol. The Morgan fingerprint density at radius 3 is 2.60 bits per heavy atom. The Morgan fingerprint density at radius 2 is 2.05 bits per heavy atom. The second-order valence-corrected chi connectivity index (χ2v) is 5.60. The molecule has 0 spiro atoms. The van der Waals surface area contributed by atoms with E-state index < -0.39 is 5.54 Å². The van der Waals surface area contributed by atoms with Gasteiger partial charge in [-0.05, 0) is 30.9 Å². The summed E-state index contributed by atoms with van der Waals surface area (Å²) in [4.78, 5) is 11.9. The van der Waals surface area contributed by atoms with Gasteiger partial charge < -0.3 is 15.2 Å². The Balaban J connectivity index is 2.62. The molecule has 1 unspecified atom stereocenters. The lowest BCUT2D eigenvalue weighted by Gasteiger charge is -2.27. The van der Waals surface area contributed by atoms with Crippen molar-refractivity contribution >= 4 is 5.91 Å². The minimum Gasteiger partial charge on any atom is -0.483 e. The van der Waals surface area contributed by atoms with Crippen molar-refractivity contribution in [2.45, 2.75) is 45.6 Å². The van der Waals surface area contributed by atoms with Crippen LogP contribution in [0.4, 0.5) is 0 Å². The van der Waals surface area contributed by atoms with Crippen LogP contribution < -0.4 is 10.1 Å². The first kappa shape index (κ1) is 16.5. The lowest BCUT2D eigenvalue weighted by atomic mass is 10.0. The van der Waals surface area contributed by atoms with Gasteiger partial charge in [0.2, 0.25) is 0 Å². The van der Waals surface area contributed by atoms with Crippen LogP contribution in [-0.2, 0) is 4.79 Å². The van der Waals surface area contributed by atoms with Crippen molar-refractivity contribution in [1.29, 1.82) is 0 Å². The van der Waals surface area contributed by atoms with Gasteiger partial charge in [0.15, 0.2) is 6.61 Å². The third-order valence-electron chi connectivity index (χ3n) is 3.47. The summed E-state index contributed by atoms with van der Waals surface area (Å²) in [5.74, 6) is 0.856. The summed E-state index contributed by atoms with van der Waals surface area (Å²) in [6.07, 6.45) is 0.665. The van der Waals surface area contributed by atoms with Crippen molar-refractivity contribution in [3.05, 3.63) is 29.8 Å². The highest BCUT2D eigenvalue weighted by molar-refractivity contribution is 5.78. The highest BCUT2D eigenvalue weighted by Gasteiger charge is 2.23. The highest BCUT2D eigenvalue weighted by atomic mass is 16.5. The molecule has 1 rings (SSSR count). The van der Waals surface area contributed by atoms with Gasteiger partial charge in [0.25, 0.3) is 5.91 Å². The number of aliphatic hydroxyl groups is 1. The molecule has 4 nitrogen and oxygen atoms in total. The van der Waals surface area contributed by atoms with Crippen LogP contribution in [-0.4, -0.2) is 29.8 Å². The topological polar surface area (TPSA) is 58.6 Å². The van der Waals surface area contributed by atoms with Crippen molar-refractivity contribution < 1.29 is 14.6 Å². The van der Waals surface area contributed by atoms with Gasteiger partial charge >= 0.3 is 0 Å². The average molecular weight is 279 g/mol.